The largest absolute Gasteiger partial charge is 0.350 e. The Labute approximate surface area is 65.1 Å². The summed E-state index contributed by atoms with van der Waals surface area (Å²) in [6.45, 7) is 1.77. The van der Waals surface area contributed by atoms with Crippen molar-refractivity contribution in [1.82, 2.24) is 0 Å². The highest BCUT2D eigenvalue weighted by Gasteiger charge is 2.20. The lowest BCUT2D eigenvalue weighted by Crippen LogP contribution is -2.36. The predicted molar refractivity (Wildman–Crippen MR) is 41.5 cm³/mol. The first-order valence-electron chi connectivity index (χ1n) is 3.31. The zero-order valence-corrected chi connectivity index (χ0v) is 6.28. The van der Waals surface area contributed by atoms with Crippen LogP contribution in [0.15, 0.2) is 24.3 Å². The van der Waals surface area contributed by atoms with E-state index in [-0.39, 0.29) is 0 Å². The van der Waals surface area contributed by atoms with Gasteiger partial charge in [0.25, 0.3) is 0 Å². The lowest BCUT2D eigenvalue weighted by Gasteiger charge is -2.17. The minimum Gasteiger partial charge on any atom is -0.350 e. The molecule has 1 aromatic rings. The maximum atomic E-state index is 9.00. The first-order chi connectivity index (χ1) is 5.02. The van der Waals surface area contributed by atoms with E-state index in [1.54, 1.807) is 25.1 Å². The summed E-state index contributed by atoms with van der Waals surface area (Å²) in [7, 11) is 0. The van der Waals surface area contributed by atoms with Gasteiger partial charge in [-0.3, -0.25) is 5.73 Å². The van der Waals surface area contributed by atoms with Gasteiger partial charge < -0.3 is 10.2 Å². The van der Waals surface area contributed by atoms with Gasteiger partial charge in [0.15, 0.2) is 0 Å². The maximum absolute atomic E-state index is 9.00. The van der Waals surface area contributed by atoms with Gasteiger partial charge in [-0.2, -0.15) is 0 Å². The van der Waals surface area contributed by atoms with Gasteiger partial charge in [-0.05, 0) is 12.5 Å². The molecule has 11 heavy (non-hydrogen) atoms. The molecule has 3 heteroatoms. The molecule has 0 atom stereocenters. The minimum absolute atomic E-state index is 0.333. The molecule has 0 saturated carbocycles. The number of aliphatic hydroxyl groups is 2. The molecule has 0 spiro atoms. The number of benzene rings is 1. The zero-order chi connectivity index (χ0) is 8.48. The highest BCUT2D eigenvalue weighted by Crippen LogP contribution is 2.15. The Balaban J connectivity index is 3.14. The number of hydrogen-bond donors (Lipinski definition) is 3. The molecule has 0 radical (unpaired) electrons. The maximum Gasteiger partial charge on any atom is 0.248 e. The van der Waals surface area contributed by atoms with E-state index in [0.717, 1.165) is 5.56 Å². The summed E-state index contributed by atoms with van der Waals surface area (Å²) in [6.07, 6.45) is 0. The summed E-state index contributed by atoms with van der Waals surface area (Å²) in [4.78, 5) is 0. The van der Waals surface area contributed by atoms with Crippen molar-refractivity contribution >= 4 is 0 Å². The van der Waals surface area contributed by atoms with Crippen LogP contribution in [0, 0.1) is 6.92 Å². The predicted octanol–water partition coefficient (Wildman–Crippen LogP) is 0.0486. The summed E-state index contributed by atoms with van der Waals surface area (Å²) in [5, 5.41) is 18.0. The van der Waals surface area contributed by atoms with Crippen LogP contribution in [-0.4, -0.2) is 10.2 Å². The molecule has 0 amide bonds. The third-order valence-electron chi connectivity index (χ3n) is 1.54. The number of rotatable bonds is 1. The summed E-state index contributed by atoms with van der Waals surface area (Å²) in [6, 6.07) is 6.86. The number of aryl methyl sites for hydroxylation is 1. The van der Waals surface area contributed by atoms with Crippen LogP contribution in [0.2, 0.25) is 0 Å². The fourth-order valence-electron chi connectivity index (χ4n) is 0.986. The Morgan fingerprint density at radius 2 is 1.82 bits per heavy atom. The molecule has 1 rings (SSSR count). The first kappa shape index (κ1) is 8.20. The molecule has 3 nitrogen and oxygen atoms in total. The molecule has 0 heterocycles. The van der Waals surface area contributed by atoms with Crippen molar-refractivity contribution in [2.24, 2.45) is 5.73 Å². The molecule has 0 aromatic heterocycles. The molecule has 0 saturated heterocycles. The quantitative estimate of drug-likeness (QED) is 0.499. The summed E-state index contributed by atoms with van der Waals surface area (Å²) >= 11 is 0. The summed E-state index contributed by atoms with van der Waals surface area (Å²) < 4.78 is 0. The third kappa shape index (κ3) is 1.77. The third-order valence-corrected chi connectivity index (χ3v) is 1.54. The molecule has 0 aliphatic rings. The van der Waals surface area contributed by atoms with Crippen molar-refractivity contribution in [2.45, 2.75) is 12.8 Å². The van der Waals surface area contributed by atoms with Gasteiger partial charge in [-0.1, -0.05) is 24.3 Å². The Kier molecular flexibility index (Phi) is 1.95. The lowest BCUT2D eigenvalue weighted by molar-refractivity contribution is -0.164. The molecular formula is C8H11NO2. The van der Waals surface area contributed by atoms with Gasteiger partial charge in [0.2, 0.25) is 5.91 Å². The van der Waals surface area contributed by atoms with Crippen LogP contribution >= 0.6 is 0 Å². The van der Waals surface area contributed by atoms with Gasteiger partial charge in [0.05, 0.1) is 0 Å². The topological polar surface area (TPSA) is 66.5 Å². The SMILES string of the molecule is Cc1ccccc1C(N)(O)O. The van der Waals surface area contributed by atoms with Gasteiger partial charge in [0.1, 0.15) is 0 Å². The van der Waals surface area contributed by atoms with Crippen LogP contribution in [0.4, 0.5) is 0 Å². The van der Waals surface area contributed by atoms with Gasteiger partial charge >= 0.3 is 0 Å². The van der Waals surface area contributed by atoms with Crippen LogP contribution < -0.4 is 5.73 Å². The van der Waals surface area contributed by atoms with Crippen molar-refractivity contribution in [3.05, 3.63) is 35.4 Å². The van der Waals surface area contributed by atoms with E-state index in [0.29, 0.717) is 5.56 Å². The van der Waals surface area contributed by atoms with E-state index in [1.807, 2.05) is 6.07 Å². The highest BCUT2D eigenvalue weighted by atomic mass is 16.5. The van der Waals surface area contributed by atoms with Crippen molar-refractivity contribution in [3.8, 4) is 0 Å². The fourth-order valence-corrected chi connectivity index (χ4v) is 0.986. The van der Waals surface area contributed by atoms with Gasteiger partial charge in [-0.25, -0.2) is 0 Å². The van der Waals surface area contributed by atoms with Crippen molar-refractivity contribution < 1.29 is 10.2 Å². The Bertz CT molecular complexity index is 253. The summed E-state index contributed by atoms with van der Waals surface area (Å²) in [5.41, 5.74) is 6.17. The smallest absolute Gasteiger partial charge is 0.248 e. The van der Waals surface area contributed by atoms with E-state index < -0.39 is 5.91 Å². The average Bonchev–Trinajstić information content (AvgIpc) is 1.86. The van der Waals surface area contributed by atoms with Crippen molar-refractivity contribution in [1.29, 1.82) is 0 Å². The van der Waals surface area contributed by atoms with Gasteiger partial charge in [-0.15, -0.1) is 0 Å². The van der Waals surface area contributed by atoms with E-state index >= 15 is 0 Å². The molecule has 0 aliphatic carbocycles. The van der Waals surface area contributed by atoms with Crippen molar-refractivity contribution in [3.63, 3.8) is 0 Å². The van der Waals surface area contributed by atoms with Crippen LogP contribution in [0.1, 0.15) is 11.1 Å². The van der Waals surface area contributed by atoms with E-state index in [2.05, 4.69) is 0 Å². The first-order valence-corrected chi connectivity index (χ1v) is 3.31. The molecule has 0 unspecified atom stereocenters. The van der Waals surface area contributed by atoms with Crippen molar-refractivity contribution in [2.75, 3.05) is 0 Å². The minimum atomic E-state index is -2.22. The standard InChI is InChI=1S/C8H11NO2/c1-6-4-2-3-5-7(6)8(9,10)11/h2-5,10-11H,9H2,1H3. The fraction of sp³-hybridized carbons (Fsp3) is 0.250. The van der Waals surface area contributed by atoms with E-state index in [4.69, 9.17) is 15.9 Å². The Morgan fingerprint density at radius 3 is 2.18 bits per heavy atom. The average molecular weight is 153 g/mol. The summed E-state index contributed by atoms with van der Waals surface area (Å²) in [5.74, 6) is -2.22. The van der Waals surface area contributed by atoms with Gasteiger partial charge in [0, 0.05) is 5.56 Å². The second kappa shape index (κ2) is 2.62. The molecule has 4 N–H and O–H groups in total. The van der Waals surface area contributed by atoms with Crippen LogP contribution in [0.3, 0.4) is 0 Å². The van der Waals surface area contributed by atoms with Crippen LogP contribution in [-0.2, 0) is 5.91 Å². The van der Waals surface area contributed by atoms with E-state index in [9.17, 15) is 0 Å². The highest BCUT2D eigenvalue weighted by molar-refractivity contribution is 5.28. The molecule has 1 aromatic carbocycles. The molecule has 60 valence electrons. The number of hydrogen-bond acceptors (Lipinski definition) is 3. The normalized spacial score (nSPS) is 11.6. The second-order valence-corrected chi connectivity index (χ2v) is 2.54. The molecule has 0 fully saturated rings. The Hall–Kier alpha value is -0.900. The van der Waals surface area contributed by atoms with E-state index in [1.165, 1.54) is 0 Å². The zero-order valence-electron chi connectivity index (χ0n) is 6.28. The lowest BCUT2D eigenvalue weighted by atomic mass is 10.1. The molecule has 0 aliphatic heterocycles. The molecular weight excluding hydrogens is 142 g/mol. The Morgan fingerprint density at radius 1 is 1.27 bits per heavy atom. The van der Waals surface area contributed by atoms with Crippen LogP contribution in [0.5, 0.6) is 0 Å². The molecule has 0 bridgehead atoms. The number of nitrogens with two attached hydrogens (primary N) is 1. The monoisotopic (exact) mass is 153 g/mol. The van der Waals surface area contributed by atoms with Crippen LogP contribution in [0.25, 0.3) is 0 Å². The second-order valence-electron chi connectivity index (χ2n) is 2.54.